The van der Waals surface area contributed by atoms with E-state index in [1.807, 2.05) is 0 Å². The summed E-state index contributed by atoms with van der Waals surface area (Å²) in [5.41, 5.74) is 0.891. The highest BCUT2D eigenvalue weighted by Gasteiger charge is 2.43. The minimum Gasteiger partial charge on any atom is -0.467 e. The van der Waals surface area contributed by atoms with E-state index in [1.54, 1.807) is 12.1 Å². The quantitative estimate of drug-likeness (QED) is 0.203. The van der Waals surface area contributed by atoms with Gasteiger partial charge in [-0.05, 0) is 17.7 Å². The van der Waals surface area contributed by atoms with Crippen LogP contribution in [0.25, 0.3) is 0 Å². The molecule has 1 unspecified atom stereocenters. The van der Waals surface area contributed by atoms with E-state index in [0.717, 1.165) is 12.0 Å². The van der Waals surface area contributed by atoms with Crippen molar-refractivity contribution in [3.8, 4) is 0 Å². The molecule has 1 fully saturated rings. The van der Waals surface area contributed by atoms with E-state index in [9.17, 15) is 14.4 Å². The first kappa shape index (κ1) is 13.5. The summed E-state index contributed by atoms with van der Waals surface area (Å²) in [5.74, 6) is -1.53. The van der Waals surface area contributed by atoms with E-state index in [-0.39, 0.29) is 0 Å². The molecule has 0 saturated carbocycles. The van der Waals surface area contributed by atoms with E-state index in [0.29, 0.717) is 11.3 Å². The molecule has 1 aliphatic heterocycles. The van der Waals surface area contributed by atoms with Crippen LogP contribution in [0.5, 0.6) is 0 Å². The monoisotopic (exact) mass is 277 g/mol. The number of hydrogen-bond donors (Lipinski definition) is 2. The zero-order chi connectivity index (χ0) is 14.7. The molecule has 0 radical (unpaired) electrons. The molecule has 2 rings (SSSR count). The summed E-state index contributed by atoms with van der Waals surface area (Å²) >= 11 is 0. The summed E-state index contributed by atoms with van der Waals surface area (Å²) in [7, 11) is 1.13. The zero-order valence-electron chi connectivity index (χ0n) is 10.4. The van der Waals surface area contributed by atoms with Gasteiger partial charge >= 0.3 is 12.0 Å². The first-order chi connectivity index (χ1) is 9.58. The second-order valence-corrected chi connectivity index (χ2v) is 3.92. The fourth-order valence-electron chi connectivity index (χ4n) is 1.78. The number of nitrogens with one attached hydrogen (secondary N) is 1. The maximum atomic E-state index is 12.0. The molecule has 1 atom stereocenters. The van der Waals surface area contributed by atoms with Crippen molar-refractivity contribution in [2.45, 2.75) is 6.04 Å². The number of rotatable bonds is 3. The molecular weight excluding hydrogens is 266 g/mol. The lowest BCUT2D eigenvalue weighted by molar-refractivity contribution is -0.145. The highest BCUT2D eigenvalue weighted by atomic mass is 16.5. The molecule has 8 nitrogen and oxygen atoms in total. The number of nitrogens with zero attached hydrogens (tertiary/aromatic N) is 2. The number of ether oxygens (including phenoxy) is 1. The zero-order valence-corrected chi connectivity index (χ0v) is 10.4. The van der Waals surface area contributed by atoms with Crippen molar-refractivity contribution in [3.05, 3.63) is 29.8 Å². The highest BCUT2D eigenvalue weighted by Crippen LogP contribution is 2.20. The van der Waals surface area contributed by atoms with Crippen molar-refractivity contribution in [3.63, 3.8) is 0 Å². The minimum atomic E-state index is -1.33. The molecule has 1 saturated heterocycles. The number of benzene rings is 1. The molecule has 1 aromatic carbocycles. The Labute approximate surface area is 113 Å². The molecule has 1 aromatic rings. The van der Waals surface area contributed by atoms with Crippen molar-refractivity contribution in [2.75, 3.05) is 12.0 Å². The molecule has 20 heavy (non-hydrogen) atoms. The predicted octanol–water partition coefficient (Wildman–Crippen LogP) is 0.0925. The van der Waals surface area contributed by atoms with Crippen molar-refractivity contribution < 1.29 is 24.3 Å². The summed E-state index contributed by atoms with van der Waals surface area (Å²) in [6, 6.07) is 4.07. The van der Waals surface area contributed by atoms with Gasteiger partial charge in [-0.15, -0.1) is 0 Å². The van der Waals surface area contributed by atoms with Gasteiger partial charge in [0.05, 0.1) is 19.0 Å². The van der Waals surface area contributed by atoms with Gasteiger partial charge in [0.2, 0.25) is 6.04 Å². The van der Waals surface area contributed by atoms with Gasteiger partial charge in [0, 0.05) is 0 Å². The van der Waals surface area contributed by atoms with Crippen LogP contribution in [0, 0.1) is 0 Å². The van der Waals surface area contributed by atoms with Gasteiger partial charge in [0.25, 0.3) is 5.91 Å². The van der Waals surface area contributed by atoms with Gasteiger partial charge in [-0.3, -0.25) is 4.79 Å². The SMILES string of the molecule is COC(=O)C1NC(=O)N(c2ccc(C=NO)cc2)C1=O. The first-order valence-electron chi connectivity index (χ1n) is 5.58. The third-order valence-electron chi connectivity index (χ3n) is 2.73. The van der Waals surface area contributed by atoms with Gasteiger partial charge in [-0.25, -0.2) is 14.5 Å². The number of hydrogen-bond acceptors (Lipinski definition) is 6. The molecule has 0 bridgehead atoms. The average molecular weight is 277 g/mol. The Morgan fingerprint density at radius 1 is 1.40 bits per heavy atom. The molecule has 2 N–H and O–H groups in total. The number of amides is 3. The Hall–Kier alpha value is -2.90. The summed E-state index contributed by atoms with van der Waals surface area (Å²) in [4.78, 5) is 36.0. The summed E-state index contributed by atoms with van der Waals surface area (Å²) in [5, 5.41) is 13.5. The second-order valence-electron chi connectivity index (χ2n) is 3.92. The third-order valence-corrected chi connectivity index (χ3v) is 2.73. The van der Waals surface area contributed by atoms with Crippen LogP contribution in [0.1, 0.15) is 5.56 Å². The van der Waals surface area contributed by atoms with Crippen LogP contribution in [-0.4, -0.2) is 42.5 Å². The number of esters is 1. The van der Waals surface area contributed by atoms with Crippen molar-refractivity contribution >= 4 is 29.8 Å². The molecular formula is C12H11N3O5. The van der Waals surface area contributed by atoms with Crippen molar-refractivity contribution in [2.24, 2.45) is 5.16 Å². The normalized spacial score (nSPS) is 18.4. The number of carbonyl (C=O) groups is 3. The lowest BCUT2D eigenvalue weighted by Gasteiger charge is -2.12. The maximum absolute atomic E-state index is 12.0. The summed E-state index contributed by atoms with van der Waals surface area (Å²) < 4.78 is 4.44. The molecule has 3 amide bonds. The van der Waals surface area contributed by atoms with Gasteiger partial charge in [-0.2, -0.15) is 0 Å². The third kappa shape index (κ3) is 2.30. The van der Waals surface area contributed by atoms with Gasteiger partial charge in [0.1, 0.15) is 0 Å². The Balaban J connectivity index is 2.26. The van der Waals surface area contributed by atoms with Crippen LogP contribution >= 0.6 is 0 Å². The molecule has 1 aliphatic rings. The molecule has 0 spiro atoms. The van der Waals surface area contributed by atoms with Crippen LogP contribution in [0.3, 0.4) is 0 Å². The number of anilines is 1. The predicted molar refractivity (Wildman–Crippen MR) is 67.6 cm³/mol. The fourth-order valence-corrected chi connectivity index (χ4v) is 1.78. The van der Waals surface area contributed by atoms with Crippen LogP contribution in [0.2, 0.25) is 0 Å². The Kier molecular flexibility index (Phi) is 3.65. The average Bonchev–Trinajstić information content (AvgIpc) is 2.75. The van der Waals surface area contributed by atoms with Crippen LogP contribution in [0.4, 0.5) is 10.5 Å². The first-order valence-corrected chi connectivity index (χ1v) is 5.58. The lowest BCUT2D eigenvalue weighted by Crippen LogP contribution is -2.38. The second kappa shape index (κ2) is 5.39. The minimum absolute atomic E-state index is 0.300. The number of imide groups is 1. The van der Waals surface area contributed by atoms with Crippen molar-refractivity contribution in [1.29, 1.82) is 0 Å². The number of urea groups is 1. The maximum Gasteiger partial charge on any atom is 0.338 e. The molecule has 0 aromatic heterocycles. The topological polar surface area (TPSA) is 108 Å². The molecule has 0 aliphatic carbocycles. The number of methoxy groups -OCH3 is 1. The molecule has 1 heterocycles. The van der Waals surface area contributed by atoms with E-state index >= 15 is 0 Å². The van der Waals surface area contributed by atoms with Crippen LogP contribution in [0.15, 0.2) is 29.4 Å². The Morgan fingerprint density at radius 2 is 2.05 bits per heavy atom. The van der Waals surface area contributed by atoms with E-state index in [2.05, 4.69) is 15.2 Å². The molecule has 104 valence electrons. The summed E-state index contributed by atoms with van der Waals surface area (Å²) in [6.07, 6.45) is 1.20. The highest BCUT2D eigenvalue weighted by molar-refractivity contribution is 6.27. The van der Waals surface area contributed by atoms with Crippen LogP contribution < -0.4 is 10.2 Å². The van der Waals surface area contributed by atoms with E-state index in [1.165, 1.54) is 18.3 Å². The van der Waals surface area contributed by atoms with Crippen molar-refractivity contribution in [1.82, 2.24) is 5.32 Å². The number of carbonyl (C=O) groups excluding carboxylic acids is 3. The van der Waals surface area contributed by atoms with E-state index < -0.39 is 23.9 Å². The standard InChI is InChI=1S/C12H11N3O5/c1-20-11(17)9-10(16)15(12(18)14-9)8-4-2-7(3-5-8)6-13-19/h2-6,9,19H,1H3,(H,14,18). The number of oxime groups is 1. The lowest BCUT2D eigenvalue weighted by atomic mass is 10.2. The van der Waals surface area contributed by atoms with E-state index in [4.69, 9.17) is 5.21 Å². The van der Waals surface area contributed by atoms with Gasteiger partial charge in [-0.1, -0.05) is 17.3 Å². The fraction of sp³-hybridized carbons (Fsp3) is 0.167. The molecule has 8 heteroatoms. The largest absolute Gasteiger partial charge is 0.467 e. The van der Waals surface area contributed by atoms with Crippen LogP contribution in [-0.2, 0) is 14.3 Å². The summed E-state index contributed by atoms with van der Waals surface area (Å²) in [6.45, 7) is 0. The van der Waals surface area contributed by atoms with Gasteiger partial charge in [0.15, 0.2) is 0 Å². The Bertz CT molecular complexity index is 581. The van der Waals surface area contributed by atoms with Gasteiger partial charge < -0.3 is 15.3 Å². The smallest absolute Gasteiger partial charge is 0.338 e. The Morgan fingerprint density at radius 3 is 2.60 bits per heavy atom.